The molecule has 0 bridgehead atoms. The summed E-state index contributed by atoms with van der Waals surface area (Å²) in [6, 6.07) is 3.71. The highest BCUT2D eigenvalue weighted by Crippen LogP contribution is 2.24. The molecular formula is C13H16F2N2O. The molecule has 0 saturated heterocycles. The second kappa shape index (κ2) is 5.44. The number of nitrogens with one attached hydrogen (secondary N) is 1. The molecule has 1 aromatic carbocycles. The zero-order chi connectivity index (χ0) is 13.1. The third kappa shape index (κ3) is 3.04. The van der Waals surface area contributed by atoms with Gasteiger partial charge in [0.05, 0.1) is 0 Å². The van der Waals surface area contributed by atoms with Crippen LogP contribution in [-0.2, 0) is 11.3 Å². The van der Waals surface area contributed by atoms with Gasteiger partial charge in [-0.05, 0) is 37.0 Å². The van der Waals surface area contributed by atoms with E-state index in [4.69, 9.17) is 5.73 Å². The number of hydrogen-bond acceptors (Lipinski definition) is 2. The van der Waals surface area contributed by atoms with E-state index in [2.05, 4.69) is 5.32 Å². The summed E-state index contributed by atoms with van der Waals surface area (Å²) in [5.41, 5.74) is 6.28. The molecule has 0 aromatic heterocycles. The van der Waals surface area contributed by atoms with E-state index in [9.17, 15) is 13.6 Å². The minimum atomic E-state index is -0.898. The van der Waals surface area contributed by atoms with Crippen molar-refractivity contribution < 1.29 is 13.6 Å². The van der Waals surface area contributed by atoms with Gasteiger partial charge >= 0.3 is 0 Å². The van der Waals surface area contributed by atoms with E-state index >= 15 is 0 Å². The van der Waals surface area contributed by atoms with Crippen molar-refractivity contribution in [1.82, 2.24) is 5.32 Å². The van der Waals surface area contributed by atoms with Crippen molar-refractivity contribution in [2.45, 2.75) is 31.8 Å². The third-order valence-corrected chi connectivity index (χ3v) is 3.29. The first kappa shape index (κ1) is 13.0. The van der Waals surface area contributed by atoms with Crippen LogP contribution >= 0.6 is 0 Å². The van der Waals surface area contributed by atoms with Gasteiger partial charge in [-0.2, -0.15) is 0 Å². The predicted octanol–water partition coefficient (Wildman–Crippen LogP) is 1.71. The zero-order valence-electron chi connectivity index (χ0n) is 9.96. The minimum Gasteiger partial charge on any atom is -0.352 e. The largest absolute Gasteiger partial charge is 0.352 e. The van der Waals surface area contributed by atoms with Crippen LogP contribution < -0.4 is 11.1 Å². The Bertz CT molecular complexity index is 451. The number of benzene rings is 1. The molecule has 0 heterocycles. The Balaban J connectivity index is 1.87. The van der Waals surface area contributed by atoms with Crippen LogP contribution in [0.15, 0.2) is 18.2 Å². The highest BCUT2D eigenvalue weighted by molar-refractivity contribution is 5.78. The maximum atomic E-state index is 13.0. The lowest BCUT2D eigenvalue weighted by atomic mass is 10.1. The van der Waals surface area contributed by atoms with Crippen LogP contribution in [-0.4, -0.2) is 11.9 Å². The number of amides is 1. The fourth-order valence-corrected chi connectivity index (χ4v) is 2.24. The molecule has 18 heavy (non-hydrogen) atoms. The van der Waals surface area contributed by atoms with Gasteiger partial charge in [-0.1, -0.05) is 6.07 Å². The van der Waals surface area contributed by atoms with Crippen molar-refractivity contribution in [3.05, 3.63) is 35.4 Å². The Hall–Kier alpha value is -1.49. The van der Waals surface area contributed by atoms with Crippen LogP contribution in [0.1, 0.15) is 24.8 Å². The molecule has 0 aliphatic heterocycles. The molecule has 2 rings (SSSR count). The first-order valence-electron chi connectivity index (χ1n) is 6.03. The highest BCUT2D eigenvalue weighted by Gasteiger charge is 2.27. The van der Waals surface area contributed by atoms with E-state index in [0.29, 0.717) is 12.0 Å². The number of carbonyl (C=O) groups is 1. The van der Waals surface area contributed by atoms with Gasteiger partial charge in [0, 0.05) is 18.5 Å². The first-order valence-corrected chi connectivity index (χ1v) is 6.03. The van der Waals surface area contributed by atoms with E-state index in [1.807, 2.05) is 0 Å². The molecule has 1 saturated carbocycles. The lowest BCUT2D eigenvalue weighted by molar-refractivity contribution is -0.125. The maximum Gasteiger partial charge on any atom is 0.223 e. The normalized spacial score (nSPS) is 23.1. The van der Waals surface area contributed by atoms with Crippen molar-refractivity contribution in [2.24, 2.45) is 11.7 Å². The van der Waals surface area contributed by atoms with Gasteiger partial charge in [0.25, 0.3) is 0 Å². The number of halogens is 2. The molecule has 2 unspecified atom stereocenters. The summed E-state index contributed by atoms with van der Waals surface area (Å²) in [7, 11) is 0. The summed E-state index contributed by atoms with van der Waals surface area (Å²) in [5.74, 6) is -1.89. The van der Waals surface area contributed by atoms with Crippen molar-refractivity contribution in [3.63, 3.8) is 0 Å². The lowest BCUT2D eigenvalue weighted by Crippen LogP contribution is -2.30. The predicted molar refractivity (Wildman–Crippen MR) is 63.5 cm³/mol. The van der Waals surface area contributed by atoms with Gasteiger partial charge in [-0.25, -0.2) is 8.78 Å². The molecule has 0 spiro atoms. The van der Waals surface area contributed by atoms with Crippen LogP contribution in [0.3, 0.4) is 0 Å². The molecule has 5 heteroatoms. The van der Waals surface area contributed by atoms with Crippen LogP contribution in [0.4, 0.5) is 8.78 Å². The average molecular weight is 254 g/mol. The second-order valence-corrected chi connectivity index (χ2v) is 4.74. The monoisotopic (exact) mass is 254 g/mol. The smallest absolute Gasteiger partial charge is 0.223 e. The molecule has 2 atom stereocenters. The summed E-state index contributed by atoms with van der Waals surface area (Å²) < 4.78 is 25.7. The molecule has 1 fully saturated rings. The number of carbonyl (C=O) groups excluding carboxylic acids is 1. The van der Waals surface area contributed by atoms with E-state index in [1.54, 1.807) is 0 Å². The number of rotatable bonds is 3. The fraction of sp³-hybridized carbons (Fsp3) is 0.462. The van der Waals surface area contributed by atoms with Gasteiger partial charge in [0.15, 0.2) is 11.6 Å². The van der Waals surface area contributed by atoms with Crippen LogP contribution in [0, 0.1) is 17.6 Å². The Labute approximate surface area is 104 Å². The molecule has 1 aliphatic carbocycles. The van der Waals surface area contributed by atoms with Gasteiger partial charge < -0.3 is 11.1 Å². The molecule has 0 radical (unpaired) electrons. The Morgan fingerprint density at radius 3 is 2.72 bits per heavy atom. The first-order chi connectivity index (χ1) is 8.56. The minimum absolute atomic E-state index is 0.0507. The summed E-state index contributed by atoms with van der Waals surface area (Å²) in [6.07, 6.45) is 2.36. The van der Waals surface area contributed by atoms with Crippen molar-refractivity contribution >= 4 is 5.91 Å². The lowest BCUT2D eigenvalue weighted by Gasteiger charge is -2.10. The van der Waals surface area contributed by atoms with E-state index in [-0.39, 0.29) is 24.4 Å². The van der Waals surface area contributed by atoms with Crippen LogP contribution in [0.25, 0.3) is 0 Å². The topological polar surface area (TPSA) is 55.1 Å². The molecule has 3 N–H and O–H groups in total. The summed E-state index contributed by atoms with van der Waals surface area (Å²) in [6.45, 7) is 0.210. The van der Waals surface area contributed by atoms with Gasteiger partial charge in [-0.15, -0.1) is 0 Å². The molecule has 1 amide bonds. The summed E-state index contributed by atoms with van der Waals surface area (Å²) in [5, 5.41) is 2.72. The molecule has 1 aliphatic rings. The van der Waals surface area contributed by atoms with Crippen molar-refractivity contribution in [3.8, 4) is 0 Å². The second-order valence-electron chi connectivity index (χ2n) is 4.74. The Morgan fingerprint density at radius 2 is 2.11 bits per heavy atom. The average Bonchev–Trinajstić information content (AvgIpc) is 2.77. The van der Waals surface area contributed by atoms with Crippen LogP contribution in [0.5, 0.6) is 0 Å². The molecule has 98 valence electrons. The maximum absolute atomic E-state index is 13.0. The SMILES string of the molecule is NC1CCC(C(=O)NCc2ccc(F)c(F)c2)C1. The van der Waals surface area contributed by atoms with Crippen LogP contribution in [0.2, 0.25) is 0 Å². The van der Waals surface area contributed by atoms with E-state index in [0.717, 1.165) is 25.0 Å². The van der Waals surface area contributed by atoms with Gasteiger partial charge in [0.2, 0.25) is 5.91 Å². The third-order valence-electron chi connectivity index (χ3n) is 3.29. The molecular weight excluding hydrogens is 238 g/mol. The van der Waals surface area contributed by atoms with E-state index in [1.165, 1.54) is 6.07 Å². The quantitative estimate of drug-likeness (QED) is 0.862. The van der Waals surface area contributed by atoms with Gasteiger partial charge in [0.1, 0.15) is 0 Å². The van der Waals surface area contributed by atoms with Gasteiger partial charge in [-0.3, -0.25) is 4.79 Å². The summed E-state index contributed by atoms with van der Waals surface area (Å²) >= 11 is 0. The number of hydrogen-bond donors (Lipinski definition) is 2. The number of nitrogens with two attached hydrogens (primary N) is 1. The highest BCUT2D eigenvalue weighted by atomic mass is 19.2. The van der Waals surface area contributed by atoms with Crippen molar-refractivity contribution in [2.75, 3.05) is 0 Å². The summed E-state index contributed by atoms with van der Waals surface area (Å²) in [4.78, 5) is 11.8. The fourth-order valence-electron chi connectivity index (χ4n) is 2.24. The van der Waals surface area contributed by atoms with Crippen molar-refractivity contribution in [1.29, 1.82) is 0 Å². The molecule has 1 aromatic rings. The Morgan fingerprint density at radius 1 is 1.33 bits per heavy atom. The zero-order valence-corrected chi connectivity index (χ0v) is 9.96. The standard InChI is InChI=1S/C13H16F2N2O/c14-11-4-1-8(5-12(11)15)7-17-13(18)9-2-3-10(16)6-9/h1,4-5,9-10H,2-3,6-7,16H2,(H,17,18). The Kier molecular flexibility index (Phi) is 3.91. The van der Waals surface area contributed by atoms with E-state index < -0.39 is 11.6 Å². The molecule has 3 nitrogen and oxygen atoms in total.